The summed E-state index contributed by atoms with van der Waals surface area (Å²) >= 11 is 0. The Balaban J connectivity index is 2.11. The van der Waals surface area contributed by atoms with E-state index in [1.165, 1.54) is 12.1 Å². The van der Waals surface area contributed by atoms with Gasteiger partial charge in [-0.25, -0.2) is 4.39 Å². The van der Waals surface area contributed by atoms with E-state index < -0.39 is 16.2 Å². The van der Waals surface area contributed by atoms with Gasteiger partial charge < -0.3 is 5.73 Å². The molecular formula is C19H20FN3O3S. The number of fused-ring (bicyclic) bond motifs is 1. The minimum Gasteiger partial charge on any atom is -0.398 e. The van der Waals surface area contributed by atoms with Crippen molar-refractivity contribution in [3.63, 3.8) is 0 Å². The third kappa shape index (κ3) is 4.23. The summed E-state index contributed by atoms with van der Waals surface area (Å²) in [6.45, 7) is 0. The Labute approximate surface area is 157 Å². The van der Waals surface area contributed by atoms with E-state index in [0.29, 0.717) is 35.4 Å². The second-order valence-electron chi connectivity index (χ2n) is 6.27. The van der Waals surface area contributed by atoms with E-state index in [0.717, 1.165) is 17.4 Å². The highest BCUT2D eigenvalue weighted by atomic mass is 32.2. The van der Waals surface area contributed by atoms with Crippen molar-refractivity contribution < 1.29 is 17.0 Å². The predicted octanol–water partition coefficient (Wildman–Crippen LogP) is 2.71. The molecule has 1 aliphatic carbocycles. The first kappa shape index (κ1) is 19.2. The molecule has 2 N–H and O–H groups in total. The van der Waals surface area contributed by atoms with Crippen LogP contribution in [0.1, 0.15) is 34.9 Å². The van der Waals surface area contributed by atoms with Gasteiger partial charge in [0.15, 0.2) is 0 Å². The number of nitrogens with two attached hydrogens (primary N) is 1. The van der Waals surface area contributed by atoms with Crippen molar-refractivity contribution in [1.29, 1.82) is 0 Å². The van der Waals surface area contributed by atoms with Gasteiger partial charge in [0.25, 0.3) is 10.1 Å². The second kappa shape index (κ2) is 7.58. The average molecular weight is 389 g/mol. The van der Waals surface area contributed by atoms with Crippen LogP contribution in [0.3, 0.4) is 0 Å². The van der Waals surface area contributed by atoms with Crippen molar-refractivity contribution in [3.8, 4) is 0 Å². The molecule has 1 unspecified atom stereocenters. The molecule has 8 heteroatoms. The fraction of sp³-hybridized carbons (Fsp3) is 0.263. The van der Waals surface area contributed by atoms with Crippen molar-refractivity contribution in [2.45, 2.75) is 18.9 Å². The molecule has 0 fully saturated rings. The molecule has 0 amide bonds. The van der Waals surface area contributed by atoms with Gasteiger partial charge in [-0.05, 0) is 59.9 Å². The van der Waals surface area contributed by atoms with Gasteiger partial charge in [-0.1, -0.05) is 0 Å². The number of pyridine rings is 1. The van der Waals surface area contributed by atoms with Crippen LogP contribution >= 0.6 is 0 Å². The fourth-order valence-corrected chi connectivity index (χ4v) is 3.83. The Bertz CT molecular complexity index is 1010. The largest absolute Gasteiger partial charge is 0.398 e. The summed E-state index contributed by atoms with van der Waals surface area (Å²) in [5.74, 6) is -0.345. The van der Waals surface area contributed by atoms with E-state index in [4.69, 9.17) is 9.92 Å². The molecule has 27 heavy (non-hydrogen) atoms. The Morgan fingerprint density at radius 1 is 1.33 bits per heavy atom. The quantitative estimate of drug-likeness (QED) is 0.627. The number of nitrogens with zero attached hydrogens (tertiary/aromatic N) is 2. The Hall–Kier alpha value is -2.58. The molecule has 2 aromatic rings. The number of aliphatic imine (C=N–C) groups is 1. The zero-order valence-corrected chi connectivity index (χ0v) is 15.8. The topological polar surface area (TPSA) is 94.6 Å². The van der Waals surface area contributed by atoms with Crippen LogP contribution in [0.15, 0.2) is 41.5 Å². The maximum Gasteiger partial charge on any atom is 0.265 e. The van der Waals surface area contributed by atoms with Crippen LogP contribution in [0.5, 0.6) is 0 Å². The molecule has 0 radical (unpaired) electrons. The molecule has 1 atom stereocenters. The van der Waals surface area contributed by atoms with Crippen molar-refractivity contribution >= 4 is 27.6 Å². The van der Waals surface area contributed by atoms with Crippen LogP contribution in [0.4, 0.5) is 4.39 Å². The Morgan fingerprint density at radius 2 is 2.04 bits per heavy atom. The lowest BCUT2D eigenvalue weighted by atomic mass is 9.96. The summed E-state index contributed by atoms with van der Waals surface area (Å²) in [7, 11) is -1.96. The molecular weight excluding hydrogens is 369 g/mol. The number of benzene rings is 1. The molecule has 1 aliphatic rings. The highest BCUT2D eigenvalue weighted by molar-refractivity contribution is 7.86. The van der Waals surface area contributed by atoms with Crippen molar-refractivity contribution in [2.24, 2.45) is 10.7 Å². The van der Waals surface area contributed by atoms with Gasteiger partial charge in [-0.2, -0.15) is 8.42 Å². The van der Waals surface area contributed by atoms with Crippen molar-refractivity contribution in [2.75, 3.05) is 13.3 Å². The molecule has 0 bridgehead atoms. The van der Waals surface area contributed by atoms with Crippen LogP contribution in [0.25, 0.3) is 11.3 Å². The summed E-state index contributed by atoms with van der Waals surface area (Å²) in [6.07, 6.45) is 4.77. The van der Waals surface area contributed by atoms with Crippen LogP contribution in [-0.4, -0.2) is 32.9 Å². The van der Waals surface area contributed by atoms with Crippen LogP contribution in [0, 0.1) is 5.82 Å². The van der Waals surface area contributed by atoms with Crippen molar-refractivity contribution in [1.82, 2.24) is 4.98 Å². The van der Waals surface area contributed by atoms with Crippen LogP contribution in [-0.2, 0) is 20.7 Å². The van der Waals surface area contributed by atoms with E-state index in [1.807, 2.05) is 6.07 Å². The van der Waals surface area contributed by atoms with Gasteiger partial charge in [0.2, 0.25) is 0 Å². The van der Waals surface area contributed by atoms with E-state index >= 15 is 0 Å². The summed E-state index contributed by atoms with van der Waals surface area (Å²) in [6, 6.07) is 7.71. The maximum atomic E-state index is 13.2. The number of rotatable bonds is 5. The number of aromatic nitrogens is 1. The Morgan fingerprint density at radius 3 is 2.67 bits per heavy atom. The van der Waals surface area contributed by atoms with E-state index in [1.54, 1.807) is 31.6 Å². The van der Waals surface area contributed by atoms with Gasteiger partial charge in [-0.3, -0.25) is 14.2 Å². The minimum atomic E-state index is -3.60. The van der Waals surface area contributed by atoms with Crippen molar-refractivity contribution in [3.05, 3.63) is 64.7 Å². The van der Waals surface area contributed by atoms with Gasteiger partial charge in [0.1, 0.15) is 11.9 Å². The summed E-state index contributed by atoms with van der Waals surface area (Å²) < 4.78 is 41.4. The fourth-order valence-electron chi connectivity index (χ4n) is 3.22. The first-order valence-electron chi connectivity index (χ1n) is 8.34. The first-order chi connectivity index (χ1) is 12.8. The number of hydrogen-bond donors (Lipinski definition) is 1. The molecule has 1 heterocycles. The molecule has 0 spiro atoms. The van der Waals surface area contributed by atoms with Crippen LogP contribution < -0.4 is 5.73 Å². The first-order valence-corrected chi connectivity index (χ1v) is 10.2. The van der Waals surface area contributed by atoms with Gasteiger partial charge >= 0.3 is 0 Å². The second-order valence-corrected chi connectivity index (χ2v) is 7.87. The molecule has 0 saturated heterocycles. The van der Waals surface area contributed by atoms with E-state index in [2.05, 4.69) is 9.98 Å². The van der Waals surface area contributed by atoms with Gasteiger partial charge in [0, 0.05) is 30.7 Å². The molecule has 0 aliphatic heterocycles. The molecule has 142 valence electrons. The van der Waals surface area contributed by atoms with Crippen LogP contribution in [0.2, 0.25) is 0 Å². The minimum absolute atomic E-state index is 0.345. The number of allylic oxidation sites excluding steroid dienone is 1. The normalized spacial score (nSPS) is 17.8. The van der Waals surface area contributed by atoms with Gasteiger partial charge in [-0.15, -0.1) is 0 Å². The Kier molecular flexibility index (Phi) is 5.38. The third-order valence-corrected chi connectivity index (χ3v) is 4.92. The SMILES string of the molecule is CN=CC(=C(N)c1ccc(F)cc1)c1ccnc2c1CCC2OS(C)(=O)=O. The molecule has 1 aromatic heterocycles. The summed E-state index contributed by atoms with van der Waals surface area (Å²) in [5.41, 5.74) is 10.4. The lowest BCUT2D eigenvalue weighted by Crippen LogP contribution is -2.10. The van der Waals surface area contributed by atoms with E-state index in [-0.39, 0.29) is 5.82 Å². The number of halogens is 1. The third-order valence-electron chi connectivity index (χ3n) is 4.34. The predicted molar refractivity (Wildman–Crippen MR) is 103 cm³/mol. The lowest BCUT2D eigenvalue weighted by Gasteiger charge is -2.14. The standard InChI is InChI=1S/C19H20FN3O3S/c1-22-11-16(18(21)12-3-5-13(20)6-4-12)14-9-10-23-19-15(14)7-8-17(19)26-27(2,24)25/h3-6,9-11,17H,7-8,21H2,1-2H3. The molecule has 6 nitrogen and oxygen atoms in total. The molecule has 0 saturated carbocycles. The summed E-state index contributed by atoms with van der Waals surface area (Å²) in [4.78, 5) is 8.42. The van der Waals surface area contributed by atoms with E-state index in [9.17, 15) is 12.8 Å². The average Bonchev–Trinajstić information content (AvgIpc) is 3.01. The highest BCUT2D eigenvalue weighted by Gasteiger charge is 2.30. The molecule has 1 aromatic carbocycles. The highest BCUT2D eigenvalue weighted by Crippen LogP contribution is 2.38. The maximum absolute atomic E-state index is 13.2. The zero-order valence-electron chi connectivity index (χ0n) is 15.0. The molecule has 3 rings (SSSR count). The lowest BCUT2D eigenvalue weighted by molar-refractivity contribution is 0.213. The zero-order chi connectivity index (χ0) is 19.6. The van der Waals surface area contributed by atoms with Gasteiger partial charge in [0.05, 0.1) is 11.9 Å². The smallest absolute Gasteiger partial charge is 0.265 e. The summed E-state index contributed by atoms with van der Waals surface area (Å²) in [5, 5.41) is 0. The monoisotopic (exact) mass is 389 g/mol. The number of hydrogen-bond acceptors (Lipinski definition) is 6.